The molecule has 3 N–H and O–H groups in total. The van der Waals surface area contributed by atoms with Crippen molar-refractivity contribution >= 4 is 11.8 Å². The van der Waals surface area contributed by atoms with Crippen LogP contribution in [-0.4, -0.2) is 22.9 Å². The molecule has 1 aromatic rings. The fourth-order valence-corrected chi connectivity index (χ4v) is 1.18. The predicted molar refractivity (Wildman–Crippen MR) is 55.6 cm³/mol. The number of aliphatic carboxylic acids is 1. The number of hydrogen-bond donors (Lipinski definition) is 2. The molecule has 0 aliphatic rings. The minimum Gasteiger partial charge on any atom is -0.480 e. The standard InChI is InChI=1S/C11H13NO3/c12-9(11(14)15)6-7-10(13)8-4-2-1-3-5-8/h1-5,9H,6-7,12H2,(H,14,15). The summed E-state index contributed by atoms with van der Waals surface area (Å²) in [6.45, 7) is 0. The molecule has 80 valence electrons. The van der Waals surface area contributed by atoms with E-state index >= 15 is 0 Å². The molecule has 0 radical (unpaired) electrons. The molecule has 0 aliphatic carbocycles. The largest absolute Gasteiger partial charge is 0.480 e. The van der Waals surface area contributed by atoms with Crippen LogP contribution in [0.3, 0.4) is 0 Å². The van der Waals surface area contributed by atoms with Crippen LogP contribution in [0.4, 0.5) is 0 Å². The molecule has 0 heterocycles. The van der Waals surface area contributed by atoms with Crippen molar-refractivity contribution in [2.24, 2.45) is 5.73 Å². The number of carbonyl (C=O) groups is 2. The molecule has 0 fully saturated rings. The van der Waals surface area contributed by atoms with Gasteiger partial charge in [0.2, 0.25) is 0 Å². The summed E-state index contributed by atoms with van der Waals surface area (Å²) in [7, 11) is 0. The highest BCUT2D eigenvalue weighted by atomic mass is 16.4. The second-order valence-corrected chi connectivity index (χ2v) is 3.27. The molecule has 0 bridgehead atoms. The molecule has 15 heavy (non-hydrogen) atoms. The van der Waals surface area contributed by atoms with Crippen molar-refractivity contribution in [3.05, 3.63) is 35.9 Å². The molecule has 4 heteroatoms. The lowest BCUT2D eigenvalue weighted by atomic mass is 10.0. The van der Waals surface area contributed by atoms with Crippen molar-refractivity contribution in [3.8, 4) is 0 Å². The third-order valence-electron chi connectivity index (χ3n) is 2.10. The van der Waals surface area contributed by atoms with Gasteiger partial charge in [-0.1, -0.05) is 30.3 Å². The van der Waals surface area contributed by atoms with Gasteiger partial charge in [0, 0.05) is 12.0 Å². The molecule has 0 amide bonds. The SMILES string of the molecule is NC(CCC(=O)c1ccccc1)C(=O)O. The Bertz CT molecular complexity index is 348. The third kappa shape index (κ3) is 3.52. The molecule has 0 saturated heterocycles. The van der Waals surface area contributed by atoms with Crippen molar-refractivity contribution in [1.82, 2.24) is 0 Å². The molecule has 1 atom stereocenters. The van der Waals surface area contributed by atoms with Crippen LogP contribution in [0.5, 0.6) is 0 Å². The molecular formula is C11H13NO3. The highest BCUT2D eigenvalue weighted by molar-refractivity contribution is 5.96. The summed E-state index contributed by atoms with van der Waals surface area (Å²) in [5.74, 6) is -1.15. The van der Waals surface area contributed by atoms with Gasteiger partial charge in [0.25, 0.3) is 0 Å². The Morgan fingerprint density at radius 3 is 2.40 bits per heavy atom. The van der Waals surface area contributed by atoms with Crippen molar-refractivity contribution in [3.63, 3.8) is 0 Å². The summed E-state index contributed by atoms with van der Waals surface area (Å²) in [5.41, 5.74) is 5.88. The molecule has 1 unspecified atom stereocenters. The first-order valence-electron chi connectivity index (χ1n) is 4.68. The number of carboxylic acids is 1. The number of carbonyl (C=O) groups excluding carboxylic acids is 1. The van der Waals surface area contributed by atoms with E-state index in [9.17, 15) is 9.59 Å². The number of hydrogen-bond acceptors (Lipinski definition) is 3. The van der Waals surface area contributed by atoms with E-state index in [-0.39, 0.29) is 18.6 Å². The fourth-order valence-electron chi connectivity index (χ4n) is 1.18. The summed E-state index contributed by atoms with van der Waals surface area (Å²) in [6, 6.07) is 7.80. The number of benzene rings is 1. The molecule has 1 rings (SSSR count). The zero-order chi connectivity index (χ0) is 11.3. The van der Waals surface area contributed by atoms with Crippen LogP contribution in [0.2, 0.25) is 0 Å². The zero-order valence-corrected chi connectivity index (χ0v) is 8.22. The molecule has 0 aliphatic heterocycles. The normalized spacial score (nSPS) is 12.1. The van der Waals surface area contributed by atoms with E-state index in [0.29, 0.717) is 5.56 Å². The Kier molecular flexibility index (Phi) is 4.00. The molecule has 0 saturated carbocycles. The van der Waals surface area contributed by atoms with Crippen molar-refractivity contribution < 1.29 is 14.7 Å². The smallest absolute Gasteiger partial charge is 0.320 e. The van der Waals surface area contributed by atoms with Crippen molar-refractivity contribution in [2.45, 2.75) is 18.9 Å². The van der Waals surface area contributed by atoms with E-state index in [2.05, 4.69) is 0 Å². The van der Waals surface area contributed by atoms with Crippen LogP contribution in [-0.2, 0) is 4.79 Å². The molecule has 0 aromatic heterocycles. The Morgan fingerprint density at radius 2 is 1.87 bits per heavy atom. The first-order valence-corrected chi connectivity index (χ1v) is 4.68. The van der Waals surface area contributed by atoms with E-state index in [1.54, 1.807) is 24.3 Å². The van der Waals surface area contributed by atoms with Gasteiger partial charge in [-0.05, 0) is 6.42 Å². The quantitative estimate of drug-likeness (QED) is 0.707. The average molecular weight is 207 g/mol. The van der Waals surface area contributed by atoms with Crippen LogP contribution in [0.15, 0.2) is 30.3 Å². The van der Waals surface area contributed by atoms with E-state index in [4.69, 9.17) is 10.8 Å². The van der Waals surface area contributed by atoms with E-state index in [1.165, 1.54) is 0 Å². The van der Waals surface area contributed by atoms with Gasteiger partial charge in [0.05, 0.1) is 0 Å². The van der Waals surface area contributed by atoms with Crippen LogP contribution < -0.4 is 5.73 Å². The highest BCUT2D eigenvalue weighted by Gasteiger charge is 2.13. The van der Waals surface area contributed by atoms with Gasteiger partial charge < -0.3 is 10.8 Å². The van der Waals surface area contributed by atoms with Gasteiger partial charge in [0.15, 0.2) is 5.78 Å². The van der Waals surface area contributed by atoms with Gasteiger partial charge in [0.1, 0.15) is 6.04 Å². The number of Topliss-reactive ketones (excluding diaryl/α,β-unsaturated/α-hetero) is 1. The Morgan fingerprint density at radius 1 is 1.27 bits per heavy atom. The van der Waals surface area contributed by atoms with Crippen molar-refractivity contribution in [1.29, 1.82) is 0 Å². The maximum Gasteiger partial charge on any atom is 0.320 e. The molecule has 0 spiro atoms. The lowest BCUT2D eigenvalue weighted by molar-refractivity contribution is -0.138. The molecule has 4 nitrogen and oxygen atoms in total. The molecule has 1 aromatic carbocycles. The first-order chi connectivity index (χ1) is 7.11. The van der Waals surface area contributed by atoms with Crippen LogP contribution in [0.1, 0.15) is 23.2 Å². The lowest BCUT2D eigenvalue weighted by Crippen LogP contribution is -2.30. The number of carboxylic acid groups (broad SMARTS) is 1. The van der Waals surface area contributed by atoms with Crippen molar-refractivity contribution in [2.75, 3.05) is 0 Å². The maximum atomic E-state index is 11.5. The second-order valence-electron chi connectivity index (χ2n) is 3.27. The van der Waals surface area contributed by atoms with Crippen LogP contribution in [0.25, 0.3) is 0 Å². The summed E-state index contributed by atoms with van der Waals surface area (Å²) >= 11 is 0. The van der Waals surface area contributed by atoms with Crippen LogP contribution in [0, 0.1) is 0 Å². The van der Waals surface area contributed by atoms with Gasteiger partial charge in [-0.2, -0.15) is 0 Å². The predicted octanol–water partition coefficient (Wildman–Crippen LogP) is 1.06. The topological polar surface area (TPSA) is 80.4 Å². The van der Waals surface area contributed by atoms with E-state index < -0.39 is 12.0 Å². The van der Waals surface area contributed by atoms with Gasteiger partial charge in [-0.15, -0.1) is 0 Å². The summed E-state index contributed by atoms with van der Waals surface area (Å²) in [4.78, 5) is 21.9. The second kappa shape index (κ2) is 5.26. The van der Waals surface area contributed by atoms with Gasteiger partial charge >= 0.3 is 5.97 Å². The Labute approximate surface area is 87.7 Å². The zero-order valence-electron chi connectivity index (χ0n) is 8.22. The number of ketones is 1. The highest BCUT2D eigenvalue weighted by Crippen LogP contribution is 2.06. The Balaban J connectivity index is 2.47. The monoisotopic (exact) mass is 207 g/mol. The lowest BCUT2D eigenvalue weighted by Gasteiger charge is -2.05. The minimum atomic E-state index is -1.07. The maximum absolute atomic E-state index is 11.5. The fraction of sp³-hybridized carbons (Fsp3) is 0.273. The summed E-state index contributed by atoms with van der Waals surface area (Å²) < 4.78 is 0. The van der Waals surface area contributed by atoms with Gasteiger partial charge in [-0.25, -0.2) is 0 Å². The molecular weight excluding hydrogens is 194 g/mol. The number of rotatable bonds is 5. The first kappa shape index (κ1) is 11.4. The third-order valence-corrected chi connectivity index (χ3v) is 2.10. The van der Waals surface area contributed by atoms with Crippen LogP contribution >= 0.6 is 0 Å². The average Bonchev–Trinajstić information content (AvgIpc) is 2.26. The van der Waals surface area contributed by atoms with E-state index in [1.807, 2.05) is 6.07 Å². The summed E-state index contributed by atoms with van der Waals surface area (Å²) in [5, 5.41) is 8.53. The van der Waals surface area contributed by atoms with Gasteiger partial charge in [-0.3, -0.25) is 9.59 Å². The summed E-state index contributed by atoms with van der Waals surface area (Å²) in [6.07, 6.45) is 0.334. The van der Waals surface area contributed by atoms with E-state index in [0.717, 1.165) is 0 Å². The minimum absolute atomic E-state index is 0.0766. The number of nitrogens with two attached hydrogens (primary N) is 1. The Hall–Kier alpha value is -1.68.